The third kappa shape index (κ3) is 4.73. The van der Waals surface area contributed by atoms with Crippen molar-refractivity contribution in [2.75, 3.05) is 6.54 Å². The number of benzene rings is 2. The Hall–Kier alpha value is -3.13. The number of fused-ring (bicyclic) bond motifs is 1. The lowest BCUT2D eigenvalue weighted by molar-refractivity contribution is -0.117. The highest BCUT2D eigenvalue weighted by Gasteiger charge is 2.10. The van der Waals surface area contributed by atoms with Crippen LogP contribution in [0.3, 0.4) is 0 Å². The molecule has 3 aromatic rings. The van der Waals surface area contributed by atoms with E-state index in [4.69, 9.17) is 5.73 Å². The summed E-state index contributed by atoms with van der Waals surface area (Å²) in [7, 11) is 0. The molecule has 138 valence electrons. The lowest BCUT2D eigenvalue weighted by atomic mass is 10.1. The number of aromatic amines is 1. The number of primary amides is 1. The lowest BCUT2D eigenvalue weighted by Gasteiger charge is -2.06. The zero-order chi connectivity index (χ0) is 19.4. The maximum atomic E-state index is 12.3. The monoisotopic (exact) mass is 428 g/mol. The molecule has 3 amide bonds. The molecule has 0 saturated heterocycles. The maximum Gasteiger partial charge on any atom is 0.267 e. The van der Waals surface area contributed by atoms with E-state index < -0.39 is 5.91 Å². The van der Waals surface area contributed by atoms with Crippen LogP contribution in [0.1, 0.15) is 26.4 Å². The summed E-state index contributed by atoms with van der Waals surface area (Å²) < 4.78 is 0.934. The van der Waals surface area contributed by atoms with Crippen LogP contribution in [0.15, 0.2) is 53.0 Å². The largest absolute Gasteiger partial charge is 0.368 e. The number of rotatable bonds is 6. The minimum atomic E-state index is -0.605. The third-order valence-corrected chi connectivity index (χ3v) is 4.41. The zero-order valence-electron chi connectivity index (χ0n) is 14.2. The quantitative estimate of drug-likeness (QED) is 0.481. The van der Waals surface area contributed by atoms with Gasteiger partial charge in [0.15, 0.2) is 0 Å². The first-order chi connectivity index (χ1) is 12.9. The Morgan fingerprint density at radius 1 is 0.963 bits per heavy atom. The molecule has 1 heterocycles. The van der Waals surface area contributed by atoms with Crippen LogP contribution in [0.2, 0.25) is 0 Å². The Bertz CT molecular complexity index is 1010. The van der Waals surface area contributed by atoms with E-state index in [1.807, 2.05) is 18.2 Å². The van der Waals surface area contributed by atoms with E-state index in [2.05, 4.69) is 31.5 Å². The molecule has 0 radical (unpaired) electrons. The van der Waals surface area contributed by atoms with Crippen molar-refractivity contribution in [1.29, 1.82) is 0 Å². The minimum Gasteiger partial charge on any atom is -0.368 e. The highest BCUT2D eigenvalue weighted by Crippen LogP contribution is 2.20. The molecule has 5 N–H and O–H groups in total. The predicted molar refractivity (Wildman–Crippen MR) is 105 cm³/mol. The Morgan fingerprint density at radius 3 is 2.41 bits per heavy atom. The Morgan fingerprint density at radius 2 is 1.70 bits per heavy atom. The normalized spacial score (nSPS) is 10.6. The van der Waals surface area contributed by atoms with Gasteiger partial charge in [-0.3, -0.25) is 14.4 Å². The van der Waals surface area contributed by atoms with E-state index in [-0.39, 0.29) is 18.4 Å². The number of amides is 3. The van der Waals surface area contributed by atoms with Crippen molar-refractivity contribution in [2.45, 2.75) is 6.54 Å². The molecule has 1 aromatic heterocycles. The van der Waals surface area contributed by atoms with Gasteiger partial charge >= 0.3 is 0 Å². The van der Waals surface area contributed by atoms with E-state index >= 15 is 0 Å². The van der Waals surface area contributed by atoms with Crippen molar-refractivity contribution in [1.82, 2.24) is 15.6 Å². The van der Waals surface area contributed by atoms with Crippen LogP contribution in [0.4, 0.5) is 0 Å². The summed E-state index contributed by atoms with van der Waals surface area (Å²) in [5, 5.41) is 6.20. The molecule has 0 fully saturated rings. The van der Waals surface area contributed by atoms with Crippen LogP contribution < -0.4 is 16.4 Å². The number of H-pyrrole nitrogens is 1. The molecule has 8 heteroatoms. The fraction of sp³-hybridized carbons (Fsp3) is 0.105. The number of nitrogens with two attached hydrogens (primary N) is 1. The fourth-order valence-electron chi connectivity index (χ4n) is 2.54. The first-order valence-electron chi connectivity index (χ1n) is 8.14. The summed E-state index contributed by atoms with van der Waals surface area (Å²) in [6.07, 6.45) is 0. The summed E-state index contributed by atoms with van der Waals surface area (Å²) in [5.74, 6) is -1.20. The van der Waals surface area contributed by atoms with Crippen molar-refractivity contribution in [3.8, 4) is 0 Å². The second-order valence-corrected chi connectivity index (χ2v) is 6.86. The second-order valence-electron chi connectivity index (χ2n) is 5.94. The summed E-state index contributed by atoms with van der Waals surface area (Å²) in [6, 6.07) is 14.3. The predicted octanol–water partition coefficient (Wildman–Crippen LogP) is 2.08. The molecular weight excluding hydrogens is 412 g/mol. The topological polar surface area (TPSA) is 117 Å². The van der Waals surface area contributed by atoms with Gasteiger partial charge in [0, 0.05) is 27.5 Å². The number of carbonyl (C=O) groups excluding carboxylic acids is 3. The number of aromatic nitrogens is 1. The second kappa shape index (κ2) is 8.05. The molecule has 0 aliphatic rings. The van der Waals surface area contributed by atoms with E-state index in [0.717, 1.165) is 20.9 Å². The van der Waals surface area contributed by atoms with Gasteiger partial charge in [-0.05, 0) is 35.9 Å². The van der Waals surface area contributed by atoms with Crippen LogP contribution in [-0.2, 0) is 11.3 Å². The van der Waals surface area contributed by atoms with E-state index in [9.17, 15) is 14.4 Å². The van der Waals surface area contributed by atoms with Crippen molar-refractivity contribution in [3.63, 3.8) is 0 Å². The van der Waals surface area contributed by atoms with Gasteiger partial charge in [0.25, 0.3) is 11.8 Å². The van der Waals surface area contributed by atoms with Crippen LogP contribution >= 0.6 is 15.9 Å². The number of hydrogen-bond donors (Lipinski definition) is 4. The molecule has 0 bridgehead atoms. The summed E-state index contributed by atoms with van der Waals surface area (Å²) in [5.41, 5.74) is 7.60. The Kier molecular flexibility index (Phi) is 5.56. The smallest absolute Gasteiger partial charge is 0.267 e. The van der Waals surface area contributed by atoms with Crippen LogP contribution in [0, 0.1) is 0 Å². The van der Waals surface area contributed by atoms with Gasteiger partial charge in [0.1, 0.15) is 5.69 Å². The molecule has 7 nitrogen and oxygen atoms in total. The highest BCUT2D eigenvalue weighted by atomic mass is 79.9. The first-order valence-corrected chi connectivity index (χ1v) is 8.93. The number of nitrogens with one attached hydrogen (secondary N) is 3. The molecule has 0 aliphatic heterocycles. The summed E-state index contributed by atoms with van der Waals surface area (Å²) in [4.78, 5) is 37.9. The maximum absolute atomic E-state index is 12.3. The molecule has 3 rings (SSSR count). The number of halogens is 1. The average Bonchev–Trinajstić information content (AvgIpc) is 3.07. The Labute approximate surface area is 163 Å². The molecule has 0 unspecified atom stereocenters. The van der Waals surface area contributed by atoms with Gasteiger partial charge in [-0.15, -0.1) is 0 Å². The highest BCUT2D eigenvalue weighted by molar-refractivity contribution is 9.10. The van der Waals surface area contributed by atoms with Crippen LogP contribution in [0.5, 0.6) is 0 Å². The molecule has 0 atom stereocenters. The average molecular weight is 429 g/mol. The summed E-state index contributed by atoms with van der Waals surface area (Å²) in [6.45, 7) is 0.110. The van der Waals surface area contributed by atoms with Gasteiger partial charge in [-0.1, -0.05) is 34.1 Å². The van der Waals surface area contributed by atoms with Crippen molar-refractivity contribution in [3.05, 3.63) is 69.8 Å². The Balaban J connectivity index is 1.59. The van der Waals surface area contributed by atoms with Crippen molar-refractivity contribution >= 4 is 44.6 Å². The zero-order valence-corrected chi connectivity index (χ0v) is 15.8. The van der Waals surface area contributed by atoms with Gasteiger partial charge < -0.3 is 21.4 Å². The molecule has 0 aliphatic carbocycles. The van der Waals surface area contributed by atoms with E-state index in [1.54, 1.807) is 30.3 Å². The molecule has 0 spiro atoms. The fourth-order valence-corrected chi connectivity index (χ4v) is 2.90. The molecule has 27 heavy (non-hydrogen) atoms. The third-order valence-electron chi connectivity index (χ3n) is 3.92. The molecular formula is C19H17BrN4O3. The SMILES string of the molecule is NC(=O)CNC(=O)c1ccc(CNC(=O)c2cc3ccc(Br)cc3[nH]2)cc1. The minimum absolute atomic E-state index is 0.211. The number of carbonyl (C=O) groups is 3. The van der Waals surface area contributed by atoms with Crippen molar-refractivity contribution in [2.24, 2.45) is 5.73 Å². The van der Waals surface area contributed by atoms with E-state index in [1.165, 1.54) is 0 Å². The van der Waals surface area contributed by atoms with E-state index in [0.29, 0.717) is 17.8 Å². The van der Waals surface area contributed by atoms with Gasteiger partial charge in [0.2, 0.25) is 5.91 Å². The number of hydrogen-bond acceptors (Lipinski definition) is 3. The van der Waals surface area contributed by atoms with Gasteiger partial charge in [0.05, 0.1) is 6.54 Å². The summed E-state index contributed by atoms with van der Waals surface area (Å²) >= 11 is 3.40. The standard InChI is InChI=1S/C19H17BrN4O3/c20-14-6-5-13-7-16(24-15(13)8-14)19(27)22-9-11-1-3-12(4-2-11)18(26)23-10-17(21)25/h1-8,24H,9-10H2,(H2,21,25)(H,22,27)(H,23,26). The van der Waals surface area contributed by atoms with Crippen LogP contribution in [0.25, 0.3) is 10.9 Å². The molecule has 2 aromatic carbocycles. The van der Waals surface area contributed by atoms with Crippen molar-refractivity contribution < 1.29 is 14.4 Å². The molecule has 0 saturated carbocycles. The lowest BCUT2D eigenvalue weighted by Crippen LogP contribution is -2.33. The van der Waals surface area contributed by atoms with Gasteiger partial charge in [-0.2, -0.15) is 0 Å². The van der Waals surface area contributed by atoms with Crippen LogP contribution in [-0.4, -0.2) is 29.3 Å². The van der Waals surface area contributed by atoms with Gasteiger partial charge in [-0.25, -0.2) is 0 Å². The first kappa shape index (κ1) is 18.7.